The molecule has 2 amide bonds. The maximum absolute atomic E-state index is 13.6. The molecule has 1 fully saturated rings. The Labute approximate surface area is 240 Å². The van der Waals surface area contributed by atoms with Crippen LogP contribution in [-0.4, -0.2) is 82.7 Å². The van der Waals surface area contributed by atoms with E-state index in [2.05, 4.69) is 75.4 Å². The molecule has 1 aliphatic rings. The number of piperazine rings is 1. The van der Waals surface area contributed by atoms with Gasteiger partial charge in [0, 0.05) is 19.0 Å². The van der Waals surface area contributed by atoms with Crippen molar-refractivity contribution in [3.8, 4) is 0 Å². The number of aromatic nitrogens is 1. The molecule has 1 aliphatic heterocycles. The highest BCUT2D eigenvalue weighted by atomic mass is 32.1. The summed E-state index contributed by atoms with van der Waals surface area (Å²) in [6.45, 7) is 4.69. The molecule has 2 N–H and O–H groups in total. The van der Waals surface area contributed by atoms with Gasteiger partial charge in [0.1, 0.15) is 0 Å². The third-order valence-electron chi connectivity index (χ3n) is 7.58. The summed E-state index contributed by atoms with van der Waals surface area (Å²) in [5.74, 6) is 0.594. The van der Waals surface area contributed by atoms with Crippen molar-refractivity contribution in [2.75, 3.05) is 51.6 Å². The van der Waals surface area contributed by atoms with Crippen LogP contribution in [-0.2, 0) is 0 Å². The van der Waals surface area contributed by atoms with E-state index < -0.39 is 0 Å². The molecule has 1 aromatic heterocycles. The Morgan fingerprint density at radius 2 is 1.60 bits per heavy atom. The summed E-state index contributed by atoms with van der Waals surface area (Å²) in [5.41, 5.74) is 3.36. The number of carbonyl (C=O) groups excluding carboxylic acids is 1. The molecule has 208 valence electrons. The largest absolute Gasteiger partial charge is 0.464 e. The summed E-state index contributed by atoms with van der Waals surface area (Å²) in [6.07, 6.45) is 2.03. The molecule has 0 aliphatic carbocycles. The monoisotopic (exact) mass is 556 g/mol. The number of thiazole rings is 1. The lowest BCUT2D eigenvalue weighted by molar-refractivity contribution is -0.547. The number of nitrogens with one attached hydrogen (secondary N) is 1. The Balaban J connectivity index is 1.30. The molecule has 3 aromatic carbocycles. The molecular formula is C32H38N5O2S+. The molecule has 0 atom stereocenters. The molecule has 0 spiro atoms. The van der Waals surface area contributed by atoms with Crippen molar-refractivity contribution in [3.05, 3.63) is 96.1 Å². The third kappa shape index (κ3) is 7.25. The second kappa shape index (κ2) is 13.5. The van der Waals surface area contributed by atoms with E-state index in [9.17, 15) is 9.90 Å². The summed E-state index contributed by atoms with van der Waals surface area (Å²) in [5, 5.41) is 14.4. The van der Waals surface area contributed by atoms with E-state index in [4.69, 9.17) is 0 Å². The Kier molecular flexibility index (Phi) is 9.42. The zero-order valence-electron chi connectivity index (χ0n) is 23.1. The molecule has 0 bridgehead atoms. The predicted molar refractivity (Wildman–Crippen MR) is 164 cm³/mol. The molecular weight excluding hydrogens is 518 g/mol. The fourth-order valence-corrected chi connectivity index (χ4v) is 6.10. The van der Waals surface area contributed by atoms with Gasteiger partial charge in [-0.25, -0.2) is 14.4 Å². The number of nitrogens with zero attached hydrogens (tertiary/aromatic N) is 4. The van der Waals surface area contributed by atoms with Crippen LogP contribution in [0.4, 0.5) is 9.93 Å². The Bertz CT molecular complexity index is 1340. The number of hydrogen-bond donors (Lipinski definition) is 2. The molecule has 1 saturated heterocycles. The maximum atomic E-state index is 13.6. The van der Waals surface area contributed by atoms with Crippen LogP contribution < -0.4 is 5.32 Å². The first-order valence-corrected chi connectivity index (χ1v) is 14.9. The summed E-state index contributed by atoms with van der Waals surface area (Å²) in [7, 11) is 2.11. The van der Waals surface area contributed by atoms with Gasteiger partial charge in [0.25, 0.3) is 0 Å². The number of carbonyl (C=O) groups is 1. The van der Waals surface area contributed by atoms with Crippen molar-refractivity contribution in [1.29, 1.82) is 0 Å². The number of amides is 2. The van der Waals surface area contributed by atoms with Gasteiger partial charge < -0.3 is 10.0 Å². The van der Waals surface area contributed by atoms with Crippen LogP contribution >= 0.6 is 11.3 Å². The first-order valence-electron chi connectivity index (χ1n) is 14.1. The zero-order chi connectivity index (χ0) is 27.7. The van der Waals surface area contributed by atoms with Crippen LogP contribution in [0.5, 0.6) is 0 Å². The summed E-state index contributed by atoms with van der Waals surface area (Å²) in [6, 6.07) is 28.7. The number of para-hydroxylation sites is 1. The van der Waals surface area contributed by atoms with Gasteiger partial charge in [-0.05, 0) is 43.1 Å². The number of likely N-dealkylation sites (N-methyl/N-ethyl adjacent to an activating group) is 1. The first kappa shape index (κ1) is 27.8. The van der Waals surface area contributed by atoms with Crippen molar-refractivity contribution in [3.63, 3.8) is 0 Å². The topological polar surface area (TPSA) is 71.7 Å². The lowest BCUT2D eigenvalue weighted by Gasteiger charge is -2.26. The third-order valence-corrected chi connectivity index (χ3v) is 8.54. The average molecular weight is 557 g/mol. The number of anilines is 1. The van der Waals surface area contributed by atoms with E-state index in [1.54, 1.807) is 0 Å². The van der Waals surface area contributed by atoms with E-state index >= 15 is 0 Å². The highest BCUT2D eigenvalue weighted by Crippen LogP contribution is 2.29. The Hall–Kier alpha value is -3.75. The molecule has 8 heteroatoms. The summed E-state index contributed by atoms with van der Waals surface area (Å²) >= 11 is 1.48. The molecule has 2 heterocycles. The lowest BCUT2D eigenvalue weighted by Crippen LogP contribution is -2.42. The molecule has 0 unspecified atom stereocenters. The van der Waals surface area contributed by atoms with Gasteiger partial charge in [-0.2, -0.15) is 0 Å². The van der Waals surface area contributed by atoms with Crippen LogP contribution in [0.2, 0.25) is 0 Å². The van der Waals surface area contributed by atoms with Gasteiger partial charge in [0.15, 0.2) is 18.2 Å². The molecule has 40 heavy (non-hydrogen) atoms. The fraction of sp³-hybridized carbons (Fsp3) is 0.344. The van der Waals surface area contributed by atoms with E-state index in [0.717, 1.165) is 42.8 Å². The SMILES string of the molecule is CN1CC[N+](=C(O)CCCN(CCC(c2ccccc2)c2ccccc2)C(=O)Nc2nc3ccccc3s2)CC1. The maximum Gasteiger partial charge on any atom is 0.333 e. The molecule has 7 nitrogen and oxygen atoms in total. The second-order valence-corrected chi connectivity index (χ2v) is 11.4. The van der Waals surface area contributed by atoms with E-state index in [0.29, 0.717) is 37.0 Å². The summed E-state index contributed by atoms with van der Waals surface area (Å²) in [4.78, 5) is 22.3. The zero-order valence-corrected chi connectivity index (χ0v) is 23.9. The van der Waals surface area contributed by atoms with Gasteiger partial charge in [-0.1, -0.05) is 84.1 Å². The van der Waals surface area contributed by atoms with Crippen molar-refractivity contribution < 1.29 is 14.5 Å². The van der Waals surface area contributed by atoms with Crippen LogP contribution in [0.15, 0.2) is 84.9 Å². The van der Waals surface area contributed by atoms with Crippen molar-refractivity contribution in [2.24, 2.45) is 0 Å². The second-order valence-electron chi connectivity index (χ2n) is 10.4. The number of rotatable bonds is 10. The van der Waals surface area contributed by atoms with Gasteiger partial charge >= 0.3 is 11.9 Å². The van der Waals surface area contributed by atoms with Gasteiger partial charge in [0.05, 0.1) is 29.7 Å². The van der Waals surface area contributed by atoms with Crippen molar-refractivity contribution >= 4 is 38.6 Å². The number of fused-ring (bicyclic) bond motifs is 1. The Morgan fingerprint density at radius 3 is 2.25 bits per heavy atom. The minimum Gasteiger partial charge on any atom is -0.464 e. The van der Waals surface area contributed by atoms with Gasteiger partial charge in [-0.15, -0.1) is 0 Å². The number of aliphatic hydroxyl groups is 1. The van der Waals surface area contributed by atoms with Gasteiger partial charge in [-0.3, -0.25) is 10.2 Å². The highest BCUT2D eigenvalue weighted by Gasteiger charge is 2.23. The normalized spacial score (nSPS) is 14.0. The lowest BCUT2D eigenvalue weighted by atomic mass is 9.88. The molecule has 5 rings (SSSR count). The number of hydrogen-bond acceptors (Lipinski definition) is 4. The predicted octanol–water partition coefficient (Wildman–Crippen LogP) is 6.05. The van der Waals surface area contributed by atoms with Gasteiger partial charge in [0.2, 0.25) is 0 Å². The van der Waals surface area contributed by atoms with Crippen LogP contribution in [0.25, 0.3) is 10.2 Å². The highest BCUT2D eigenvalue weighted by molar-refractivity contribution is 7.22. The standard InChI is InChI=1S/C32H37N5O2S/c1-35-21-23-36(24-22-35)30(38)17-10-19-37(32(39)34-31-33-28-15-8-9-16-29(28)40-31)20-18-27(25-11-4-2-5-12-25)26-13-6-3-7-14-26/h2-9,11-16,27H,10,17-24H2,1H3,(H,33,34,39)/p+1. The smallest absolute Gasteiger partial charge is 0.333 e. The van der Waals surface area contributed by atoms with Crippen molar-refractivity contribution in [1.82, 2.24) is 14.8 Å². The van der Waals surface area contributed by atoms with E-state index in [1.165, 1.54) is 22.5 Å². The molecule has 0 radical (unpaired) electrons. The van der Waals surface area contributed by atoms with Crippen LogP contribution in [0, 0.1) is 0 Å². The number of urea groups is 1. The minimum atomic E-state index is -0.155. The van der Waals surface area contributed by atoms with Crippen LogP contribution in [0.3, 0.4) is 0 Å². The van der Waals surface area contributed by atoms with Crippen molar-refractivity contribution in [2.45, 2.75) is 25.2 Å². The summed E-state index contributed by atoms with van der Waals surface area (Å²) < 4.78 is 3.11. The average Bonchev–Trinajstić information content (AvgIpc) is 3.40. The minimum absolute atomic E-state index is 0.155. The van der Waals surface area contributed by atoms with Crippen LogP contribution in [0.1, 0.15) is 36.3 Å². The van der Waals surface area contributed by atoms with E-state index in [-0.39, 0.29) is 11.9 Å². The number of benzene rings is 3. The number of aliphatic hydroxyl groups excluding tert-OH is 1. The molecule has 4 aromatic rings. The Morgan fingerprint density at radius 1 is 0.975 bits per heavy atom. The fourth-order valence-electron chi connectivity index (χ4n) is 5.24. The first-order chi connectivity index (χ1) is 19.6. The molecule has 0 saturated carbocycles. The van der Waals surface area contributed by atoms with E-state index in [1.807, 2.05) is 41.3 Å². The quantitative estimate of drug-likeness (QED) is 0.184.